The molecule has 0 rings (SSSR count). The summed E-state index contributed by atoms with van der Waals surface area (Å²) in [7, 11) is 0. The lowest BCUT2D eigenvalue weighted by Crippen LogP contribution is -2.57. The number of nitrogens with one attached hydrogen (secondary N) is 3. The molecule has 0 aliphatic heterocycles. The van der Waals surface area contributed by atoms with Crippen LogP contribution in [-0.4, -0.2) is 77.1 Å². The summed E-state index contributed by atoms with van der Waals surface area (Å²) in [4.78, 5) is 64.3. The van der Waals surface area contributed by atoms with E-state index < -0.39 is 53.8 Å². The minimum atomic E-state index is -1.28. The highest BCUT2D eigenvalue weighted by molar-refractivity contribution is 7.80. The van der Waals surface area contributed by atoms with Gasteiger partial charge in [-0.2, -0.15) is 12.6 Å². The van der Waals surface area contributed by atoms with E-state index in [9.17, 15) is 29.1 Å². The third-order valence-electron chi connectivity index (χ3n) is 4.75. The molecule has 0 radical (unpaired) electrons. The van der Waals surface area contributed by atoms with E-state index in [0.717, 1.165) is 0 Å². The van der Waals surface area contributed by atoms with Gasteiger partial charge in [-0.3, -0.25) is 24.2 Å². The van der Waals surface area contributed by atoms with Gasteiger partial charge in [-0.15, -0.1) is 0 Å². The number of amides is 4. The van der Waals surface area contributed by atoms with Crippen LogP contribution in [0.1, 0.15) is 46.0 Å². The van der Waals surface area contributed by atoms with E-state index in [1.165, 1.54) is 0 Å². The Labute approximate surface area is 209 Å². The molecule has 0 saturated heterocycles. The quantitative estimate of drug-likeness (QED) is 0.0414. The lowest BCUT2D eigenvalue weighted by Gasteiger charge is -2.24. The van der Waals surface area contributed by atoms with Crippen LogP contribution in [0, 0.1) is 5.92 Å². The minimum Gasteiger partial charge on any atom is -0.480 e. The summed E-state index contributed by atoms with van der Waals surface area (Å²) in [6, 6.07) is -4.55. The van der Waals surface area contributed by atoms with Crippen LogP contribution in [0.25, 0.3) is 0 Å². The van der Waals surface area contributed by atoms with E-state index in [1.54, 1.807) is 0 Å². The van der Waals surface area contributed by atoms with Crippen molar-refractivity contribution in [2.75, 3.05) is 12.3 Å². The Morgan fingerprint density at radius 1 is 0.886 bits per heavy atom. The van der Waals surface area contributed by atoms with Crippen LogP contribution in [0.4, 0.5) is 0 Å². The second-order valence-electron chi connectivity index (χ2n) is 8.39. The monoisotopic (exact) mass is 518 g/mol. The fourth-order valence-corrected chi connectivity index (χ4v) is 3.21. The molecule has 14 nitrogen and oxygen atoms in total. The highest BCUT2D eigenvalue weighted by Crippen LogP contribution is 2.06. The number of carbonyl (C=O) groups excluding carboxylic acids is 4. The Hall–Kier alpha value is -3.07. The van der Waals surface area contributed by atoms with Crippen molar-refractivity contribution in [2.24, 2.45) is 33.8 Å². The largest absolute Gasteiger partial charge is 0.480 e. The van der Waals surface area contributed by atoms with Crippen molar-refractivity contribution in [3.05, 3.63) is 0 Å². The molecular weight excluding hydrogens is 480 g/mol. The minimum absolute atomic E-state index is 0.0378. The summed E-state index contributed by atoms with van der Waals surface area (Å²) >= 11 is 4.06. The first-order valence-corrected chi connectivity index (χ1v) is 11.8. The molecule has 0 fully saturated rings. The van der Waals surface area contributed by atoms with Gasteiger partial charge in [0.1, 0.15) is 18.1 Å². The Bertz CT molecular complexity index is 775. The van der Waals surface area contributed by atoms with Gasteiger partial charge in [0.2, 0.25) is 23.6 Å². The molecule has 15 heteroatoms. The number of thiol groups is 1. The lowest BCUT2D eigenvalue weighted by atomic mass is 10.0. The fourth-order valence-electron chi connectivity index (χ4n) is 2.95. The van der Waals surface area contributed by atoms with Crippen LogP contribution in [0.2, 0.25) is 0 Å². The summed E-state index contributed by atoms with van der Waals surface area (Å²) in [5.74, 6) is -4.29. The van der Waals surface area contributed by atoms with Crippen LogP contribution in [-0.2, 0) is 24.0 Å². The first kappa shape index (κ1) is 31.9. The molecule has 4 atom stereocenters. The third-order valence-corrected chi connectivity index (χ3v) is 5.12. The Morgan fingerprint density at radius 2 is 1.43 bits per heavy atom. The van der Waals surface area contributed by atoms with Crippen LogP contribution in [0.5, 0.6) is 0 Å². The molecule has 35 heavy (non-hydrogen) atoms. The third kappa shape index (κ3) is 14.0. The van der Waals surface area contributed by atoms with Crippen LogP contribution >= 0.6 is 12.6 Å². The van der Waals surface area contributed by atoms with Crippen LogP contribution < -0.4 is 38.9 Å². The molecule has 0 heterocycles. The summed E-state index contributed by atoms with van der Waals surface area (Å²) < 4.78 is 0. The Kier molecular flexibility index (Phi) is 15.1. The normalized spacial score (nSPS) is 14.2. The summed E-state index contributed by atoms with van der Waals surface area (Å²) in [5, 5.41) is 16.6. The van der Waals surface area contributed by atoms with E-state index in [4.69, 9.17) is 22.9 Å². The van der Waals surface area contributed by atoms with Crippen molar-refractivity contribution in [1.82, 2.24) is 16.0 Å². The number of nitrogens with two attached hydrogens (primary N) is 4. The van der Waals surface area contributed by atoms with Crippen molar-refractivity contribution in [1.29, 1.82) is 0 Å². The number of carboxylic acids is 1. The molecule has 0 aromatic carbocycles. The molecule has 200 valence electrons. The van der Waals surface area contributed by atoms with E-state index in [1.807, 2.05) is 13.8 Å². The molecule has 4 unspecified atom stereocenters. The van der Waals surface area contributed by atoms with E-state index >= 15 is 0 Å². The average molecular weight is 519 g/mol. The van der Waals surface area contributed by atoms with Gasteiger partial charge in [0.25, 0.3) is 0 Å². The molecule has 0 aliphatic rings. The predicted molar refractivity (Wildman–Crippen MR) is 133 cm³/mol. The van der Waals surface area contributed by atoms with Gasteiger partial charge < -0.3 is 44.0 Å². The summed E-state index contributed by atoms with van der Waals surface area (Å²) in [6.07, 6.45) is 0.371. The maximum atomic E-state index is 12.8. The lowest BCUT2D eigenvalue weighted by molar-refractivity contribution is -0.142. The van der Waals surface area contributed by atoms with Gasteiger partial charge in [0.15, 0.2) is 5.96 Å². The Balaban J connectivity index is 5.26. The van der Waals surface area contributed by atoms with Gasteiger partial charge in [-0.25, -0.2) is 4.79 Å². The van der Waals surface area contributed by atoms with E-state index in [-0.39, 0.29) is 49.9 Å². The van der Waals surface area contributed by atoms with Crippen molar-refractivity contribution in [3.8, 4) is 0 Å². The number of rotatable bonds is 17. The fraction of sp³-hybridized carbons (Fsp3) is 0.700. The zero-order valence-electron chi connectivity index (χ0n) is 20.0. The standard InChI is InChI=1S/C20H38N8O6S/c1-10(2)8-11(21)16(30)26-12(5-6-15(22)29)17(31)28-14(9-35)18(32)27-13(19(33)34)4-3-7-25-20(23)24/h10-14,35H,3-9,21H2,1-2H3,(H2,22,29)(H,26,30)(H,27,32)(H,28,31)(H,33,34)(H4,23,24,25). The first-order valence-electron chi connectivity index (χ1n) is 11.1. The maximum absolute atomic E-state index is 12.8. The zero-order valence-corrected chi connectivity index (χ0v) is 20.9. The van der Waals surface area contributed by atoms with Gasteiger partial charge in [0.05, 0.1) is 6.04 Å². The number of nitrogens with zero attached hydrogens (tertiary/aromatic N) is 1. The molecule has 0 aromatic heterocycles. The number of hydrogen-bond acceptors (Lipinski definition) is 8. The smallest absolute Gasteiger partial charge is 0.326 e. The van der Waals surface area contributed by atoms with Crippen molar-refractivity contribution < 1.29 is 29.1 Å². The number of primary amides is 1. The number of carboxylic acid groups (broad SMARTS) is 1. The number of guanidine groups is 1. The van der Waals surface area contributed by atoms with Gasteiger partial charge >= 0.3 is 5.97 Å². The van der Waals surface area contributed by atoms with Gasteiger partial charge in [0, 0.05) is 18.7 Å². The molecular formula is C20H38N8O6S. The number of aliphatic imine (C=N–C) groups is 1. The summed E-state index contributed by atoms with van der Waals surface area (Å²) in [5.41, 5.74) is 21.5. The topological polar surface area (TPSA) is 258 Å². The highest BCUT2D eigenvalue weighted by Gasteiger charge is 2.30. The zero-order chi connectivity index (χ0) is 27.1. The first-order chi connectivity index (χ1) is 16.3. The predicted octanol–water partition coefficient (Wildman–Crippen LogP) is -2.85. The molecule has 0 aromatic rings. The van der Waals surface area contributed by atoms with E-state index in [2.05, 4.69) is 33.6 Å². The second-order valence-corrected chi connectivity index (χ2v) is 8.76. The van der Waals surface area contributed by atoms with Gasteiger partial charge in [-0.05, 0) is 31.6 Å². The molecule has 12 N–H and O–H groups in total. The van der Waals surface area contributed by atoms with Gasteiger partial charge in [-0.1, -0.05) is 13.8 Å². The average Bonchev–Trinajstić information content (AvgIpc) is 2.75. The molecule has 0 bridgehead atoms. The highest BCUT2D eigenvalue weighted by atomic mass is 32.1. The van der Waals surface area contributed by atoms with Crippen molar-refractivity contribution in [2.45, 2.75) is 70.1 Å². The SMILES string of the molecule is CC(C)CC(N)C(=O)NC(CCC(N)=O)C(=O)NC(CS)C(=O)NC(CCCN=C(N)N)C(=O)O. The number of aliphatic carboxylic acids is 1. The maximum Gasteiger partial charge on any atom is 0.326 e. The van der Waals surface area contributed by atoms with Crippen LogP contribution in [0.15, 0.2) is 4.99 Å². The van der Waals surface area contributed by atoms with E-state index in [0.29, 0.717) is 6.42 Å². The van der Waals surface area contributed by atoms with Crippen molar-refractivity contribution >= 4 is 48.2 Å². The molecule has 0 saturated carbocycles. The van der Waals surface area contributed by atoms with Crippen molar-refractivity contribution in [3.63, 3.8) is 0 Å². The summed E-state index contributed by atoms with van der Waals surface area (Å²) in [6.45, 7) is 3.94. The molecule has 0 aliphatic carbocycles. The number of carbonyl (C=O) groups is 5. The molecule has 4 amide bonds. The second kappa shape index (κ2) is 16.5. The number of hydrogen-bond donors (Lipinski definition) is 9. The Morgan fingerprint density at radius 3 is 1.91 bits per heavy atom. The molecule has 0 spiro atoms. The van der Waals surface area contributed by atoms with Crippen LogP contribution in [0.3, 0.4) is 0 Å².